The van der Waals surface area contributed by atoms with Crippen molar-refractivity contribution in [1.29, 1.82) is 0 Å². The lowest BCUT2D eigenvalue weighted by Crippen LogP contribution is -2.15. The first-order chi connectivity index (χ1) is 9.47. The van der Waals surface area contributed by atoms with Crippen LogP contribution in [0.1, 0.15) is 43.2 Å². The topological polar surface area (TPSA) is 59.2 Å². The third-order valence-electron chi connectivity index (χ3n) is 3.19. The zero-order valence-electron chi connectivity index (χ0n) is 11.6. The van der Waals surface area contributed by atoms with Crippen molar-refractivity contribution in [1.82, 2.24) is 9.59 Å². The minimum Gasteiger partial charge on any atom is -0.458 e. The number of hydrogen-bond donors (Lipinski definition) is 1. The zero-order valence-corrected chi connectivity index (χ0v) is 12.4. The van der Waals surface area contributed by atoms with Gasteiger partial charge in [0, 0.05) is 10.8 Å². The molecule has 2 aromatic heterocycles. The van der Waals surface area contributed by atoms with Gasteiger partial charge in [-0.1, -0.05) is 43.5 Å². The minimum absolute atomic E-state index is 0.157. The van der Waals surface area contributed by atoms with E-state index in [4.69, 9.17) is 4.42 Å². The van der Waals surface area contributed by atoms with Gasteiger partial charge in [-0.05, 0) is 23.7 Å². The number of fused-ring (bicyclic) bond motifs is 1. The monoisotopic (exact) mass is 288 g/mol. The van der Waals surface area contributed by atoms with Crippen molar-refractivity contribution in [3.8, 4) is 0 Å². The maximum absolute atomic E-state index is 10.6. The Morgan fingerprint density at radius 3 is 2.70 bits per heavy atom. The Balaban J connectivity index is 2.04. The van der Waals surface area contributed by atoms with Crippen LogP contribution in [-0.4, -0.2) is 14.7 Å². The standard InChI is InChI=1S/C15H16N2O2S/c1-15(2,3)14-13(20-17-16-14)12(18)11-8-9-6-4-5-7-10(9)19-11/h4-8,12,18H,1-3H3. The van der Waals surface area contributed by atoms with Gasteiger partial charge in [-0.25, -0.2) is 0 Å². The molecule has 0 amide bonds. The normalized spacial score (nSPS) is 13.8. The van der Waals surface area contributed by atoms with E-state index in [0.717, 1.165) is 21.5 Å². The van der Waals surface area contributed by atoms with Crippen LogP contribution in [0.3, 0.4) is 0 Å². The first-order valence-electron chi connectivity index (χ1n) is 6.46. The van der Waals surface area contributed by atoms with Crippen molar-refractivity contribution in [2.24, 2.45) is 0 Å². The summed E-state index contributed by atoms with van der Waals surface area (Å²) in [6.07, 6.45) is -0.823. The Morgan fingerprint density at radius 2 is 2.00 bits per heavy atom. The van der Waals surface area contributed by atoms with Gasteiger partial charge in [0.1, 0.15) is 17.4 Å². The second-order valence-electron chi connectivity index (χ2n) is 5.82. The van der Waals surface area contributed by atoms with Gasteiger partial charge in [0.05, 0.1) is 10.6 Å². The zero-order chi connectivity index (χ0) is 14.3. The molecule has 0 bridgehead atoms. The van der Waals surface area contributed by atoms with Crippen LogP contribution in [-0.2, 0) is 5.41 Å². The molecule has 0 fully saturated rings. The van der Waals surface area contributed by atoms with E-state index in [1.807, 2.05) is 30.3 Å². The van der Waals surface area contributed by atoms with Crippen molar-refractivity contribution in [2.45, 2.75) is 32.3 Å². The van der Waals surface area contributed by atoms with Crippen molar-refractivity contribution in [3.63, 3.8) is 0 Å². The number of aliphatic hydroxyl groups is 1. The summed E-state index contributed by atoms with van der Waals surface area (Å²) in [4.78, 5) is 0.747. The fourth-order valence-corrected chi connectivity index (χ4v) is 3.02. The number of nitrogens with zero attached hydrogens (tertiary/aromatic N) is 2. The first-order valence-corrected chi connectivity index (χ1v) is 7.23. The van der Waals surface area contributed by atoms with E-state index in [9.17, 15) is 5.11 Å². The van der Waals surface area contributed by atoms with Crippen LogP contribution in [0.15, 0.2) is 34.7 Å². The number of para-hydroxylation sites is 1. The molecule has 0 saturated carbocycles. The Morgan fingerprint density at radius 1 is 1.25 bits per heavy atom. The molecule has 1 unspecified atom stereocenters. The van der Waals surface area contributed by atoms with Gasteiger partial charge in [-0.15, -0.1) is 5.10 Å². The van der Waals surface area contributed by atoms with Crippen LogP contribution in [0.5, 0.6) is 0 Å². The first kappa shape index (κ1) is 13.3. The molecular formula is C15H16N2O2S. The van der Waals surface area contributed by atoms with Gasteiger partial charge in [-0.3, -0.25) is 0 Å². The number of aliphatic hydroxyl groups excluding tert-OH is 1. The molecule has 104 valence electrons. The maximum atomic E-state index is 10.6. The van der Waals surface area contributed by atoms with Crippen LogP contribution in [0.2, 0.25) is 0 Å². The molecule has 0 saturated heterocycles. The molecule has 5 heteroatoms. The molecule has 0 aliphatic heterocycles. The summed E-state index contributed by atoms with van der Waals surface area (Å²) in [6, 6.07) is 9.58. The van der Waals surface area contributed by atoms with E-state index in [1.165, 1.54) is 11.5 Å². The van der Waals surface area contributed by atoms with E-state index < -0.39 is 6.10 Å². The third-order valence-corrected chi connectivity index (χ3v) is 3.96. The molecule has 0 spiro atoms. The predicted octanol–water partition coefficient (Wildman–Crippen LogP) is 3.66. The molecule has 3 rings (SSSR count). The smallest absolute Gasteiger partial charge is 0.149 e. The summed E-state index contributed by atoms with van der Waals surface area (Å²) in [6.45, 7) is 6.16. The lowest BCUT2D eigenvalue weighted by atomic mass is 9.90. The average Bonchev–Trinajstić information content (AvgIpc) is 3.03. The van der Waals surface area contributed by atoms with Gasteiger partial charge >= 0.3 is 0 Å². The summed E-state index contributed by atoms with van der Waals surface area (Å²) in [5.41, 5.74) is 1.43. The average molecular weight is 288 g/mol. The molecule has 0 aliphatic rings. The number of rotatable bonds is 2. The van der Waals surface area contributed by atoms with Crippen molar-refractivity contribution >= 4 is 22.5 Å². The highest BCUT2D eigenvalue weighted by Crippen LogP contribution is 2.35. The lowest BCUT2D eigenvalue weighted by Gasteiger charge is -2.18. The Kier molecular flexibility index (Phi) is 3.11. The van der Waals surface area contributed by atoms with Crippen molar-refractivity contribution < 1.29 is 9.52 Å². The molecule has 1 N–H and O–H groups in total. The van der Waals surface area contributed by atoms with Crippen molar-refractivity contribution in [3.05, 3.63) is 46.7 Å². The largest absolute Gasteiger partial charge is 0.458 e. The predicted molar refractivity (Wildman–Crippen MR) is 78.9 cm³/mol. The molecule has 0 aliphatic carbocycles. The molecular weight excluding hydrogens is 272 g/mol. The van der Waals surface area contributed by atoms with Gasteiger partial charge in [0.15, 0.2) is 0 Å². The van der Waals surface area contributed by atoms with E-state index in [1.54, 1.807) is 0 Å². The molecule has 20 heavy (non-hydrogen) atoms. The Hall–Kier alpha value is -1.72. The molecule has 4 nitrogen and oxygen atoms in total. The minimum atomic E-state index is -0.823. The van der Waals surface area contributed by atoms with Crippen LogP contribution < -0.4 is 0 Å². The van der Waals surface area contributed by atoms with Crippen LogP contribution in [0, 0.1) is 0 Å². The summed E-state index contributed by atoms with van der Waals surface area (Å²) in [7, 11) is 0. The molecule has 0 radical (unpaired) electrons. The summed E-state index contributed by atoms with van der Waals surface area (Å²) < 4.78 is 9.70. The number of furan rings is 1. The third kappa shape index (κ3) is 2.23. The highest BCUT2D eigenvalue weighted by Gasteiger charge is 2.28. The van der Waals surface area contributed by atoms with Crippen molar-refractivity contribution in [2.75, 3.05) is 0 Å². The van der Waals surface area contributed by atoms with Gasteiger partial charge < -0.3 is 9.52 Å². The highest BCUT2D eigenvalue weighted by molar-refractivity contribution is 7.05. The van der Waals surface area contributed by atoms with Gasteiger partial charge in [0.2, 0.25) is 0 Å². The van der Waals surface area contributed by atoms with Crippen LogP contribution >= 0.6 is 11.5 Å². The summed E-state index contributed by atoms with van der Waals surface area (Å²) in [5, 5.41) is 15.7. The Labute approximate surface area is 121 Å². The summed E-state index contributed by atoms with van der Waals surface area (Å²) in [5.74, 6) is 0.530. The molecule has 2 heterocycles. The maximum Gasteiger partial charge on any atom is 0.149 e. The number of hydrogen-bond acceptors (Lipinski definition) is 5. The highest BCUT2D eigenvalue weighted by atomic mass is 32.1. The van der Waals surface area contributed by atoms with E-state index in [-0.39, 0.29) is 5.41 Å². The molecule has 1 aromatic carbocycles. The molecule has 3 aromatic rings. The van der Waals surface area contributed by atoms with E-state index >= 15 is 0 Å². The molecule has 1 atom stereocenters. The SMILES string of the molecule is CC(C)(C)c1nnsc1C(O)c1cc2ccccc2o1. The number of aromatic nitrogens is 2. The van der Waals surface area contributed by atoms with Crippen LogP contribution in [0.25, 0.3) is 11.0 Å². The van der Waals surface area contributed by atoms with Gasteiger partial charge in [0.25, 0.3) is 0 Å². The van der Waals surface area contributed by atoms with E-state index in [0.29, 0.717) is 5.76 Å². The number of benzene rings is 1. The van der Waals surface area contributed by atoms with Crippen LogP contribution in [0.4, 0.5) is 0 Å². The second-order valence-corrected chi connectivity index (χ2v) is 6.61. The van der Waals surface area contributed by atoms with E-state index in [2.05, 4.69) is 30.4 Å². The Bertz CT molecular complexity index is 706. The second kappa shape index (κ2) is 4.68. The summed E-state index contributed by atoms with van der Waals surface area (Å²) >= 11 is 1.22. The fraction of sp³-hybridized carbons (Fsp3) is 0.333. The lowest BCUT2D eigenvalue weighted by molar-refractivity contribution is 0.193. The quantitative estimate of drug-likeness (QED) is 0.781. The van der Waals surface area contributed by atoms with Gasteiger partial charge in [-0.2, -0.15) is 0 Å². The fourth-order valence-electron chi connectivity index (χ4n) is 2.16.